The lowest BCUT2D eigenvalue weighted by Gasteiger charge is -2.51. The number of hydrogen-bond donors (Lipinski definition) is 1. The van der Waals surface area contributed by atoms with Crippen LogP contribution in [0.25, 0.3) is 11.1 Å². The van der Waals surface area contributed by atoms with Crippen LogP contribution in [0.15, 0.2) is 78.9 Å². The highest BCUT2D eigenvalue weighted by Gasteiger charge is 2.55. The van der Waals surface area contributed by atoms with E-state index in [9.17, 15) is 14.4 Å². The quantitative estimate of drug-likeness (QED) is 0.314. The third kappa shape index (κ3) is 5.32. The summed E-state index contributed by atoms with van der Waals surface area (Å²) >= 11 is 0. The van der Waals surface area contributed by atoms with E-state index in [0.29, 0.717) is 0 Å². The summed E-state index contributed by atoms with van der Waals surface area (Å²) < 4.78 is 22.6. The van der Waals surface area contributed by atoms with Crippen LogP contribution in [0.4, 0.5) is 9.59 Å². The van der Waals surface area contributed by atoms with Crippen molar-refractivity contribution in [3.8, 4) is 11.1 Å². The summed E-state index contributed by atoms with van der Waals surface area (Å²) in [5.74, 6) is -0.664. The fraction of sp³-hybridized carbons (Fsp3) is 0.364. The normalized spacial score (nSPS) is 22.5. The van der Waals surface area contributed by atoms with Gasteiger partial charge in [-0.15, -0.1) is 0 Å². The van der Waals surface area contributed by atoms with Crippen LogP contribution in [-0.2, 0) is 30.3 Å². The Kier molecular flexibility index (Phi) is 7.84. The molecule has 2 aliphatic heterocycles. The molecule has 9 nitrogen and oxygen atoms in total. The SMILES string of the molecule is CCOC(=O)C1(NC(=O)OCC2c3ccccc3-c3ccccc32)CC2COCC(C1)N2C(=O)OCc1ccccc1. The maximum atomic E-state index is 13.4. The number of piperidine rings is 1. The molecule has 1 N–H and O–H groups in total. The van der Waals surface area contributed by atoms with Gasteiger partial charge in [0.15, 0.2) is 0 Å². The summed E-state index contributed by atoms with van der Waals surface area (Å²) in [6.07, 6.45) is -0.945. The summed E-state index contributed by atoms with van der Waals surface area (Å²) in [4.78, 5) is 41.5. The van der Waals surface area contributed by atoms with Crippen molar-refractivity contribution in [3.63, 3.8) is 0 Å². The smallest absolute Gasteiger partial charge is 0.410 e. The Labute approximate surface area is 244 Å². The molecule has 2 atom stereocenters. The van der Waals surface area contributed by atoms with E-state index in [-0.39, 0.29) is 51.8 Å². The average molecular weight is 571 g/mol. The minimum absolute atomic E-state index is 0.115. The minimum atomic E-state index is -1.37. The molecule has 218 valence electrons. The number of rotatable bonds is 7. The Morgan fingerprint density at radius 3 is 2.05 bits per heavy atom. The highest BCUT2D eigenvalue weighted by atomic mass is 16.6. The molecule has 0 radical (unpaired) electrons. The zero-order valence-electron chi connectivity index (χ0n) is 23.5. The van der Waals surface area contributed by atoms with Crippen LogP contribution in [0, 0.1) is 0 Å². The Balaban J connectivity index is 1.16. The lowest BCUT2D eigenvalue weighted by Crippen LogP contribution is -2.70. The number of hydrogen-bond acceptors (Lipinski definition) is 7. The molecule has 2 amide bonds. The molecule has 3 aromatic carbocycles. The van der Waals surface area contributed by atoms with Crippen LogP contribution in [0.3, 0.4) is 0 Å². The van der Waals surface area contributed by atoms with E-state index in [4.69, 9.17) is 18.9 Å². The molecule has 2 bridgehead atoms. The monoisotopic (exact) mass is 570 g/mol. The maximum Gasteiger partial charge on any atom is 0.410 e. The van der Waals surface area contributed by atoms with Crippen LogP contribution >= 0.6 is 0 Å². The first-order chi connectivity index (χ1) is 20.5. The molecule has 9 heteroatoms. The van der Waals surface area contributed by atoms with Gasteiger partial charge in [0, 0.05) is 18.8 Å². The van der Waals surface area contributed by atoms with Crippen molar-refractivity contribution in [1.29, 1.82) is 0 Å². The predicted octanol–water partition coefficient (Wildman–Crippen LogP) is 5.03. The van der Waals surface area contributed by atoms with Crippen LogP contribution in [0.5, 0.6) is 0 Å². The van der Waals surface area contributed by atoms with E-state index in [1.54, 1.807) is 11.8 Å². The third-order valence-corrected chi connectivity index (χ3v) is 8.34. The van der Waals surface area contributed by atoms with Gasteiger partial charge in [0.05, 0.1) is 31.9 Å². The predicted molar refractivity (Wildman–Crippen MR) is 154 cm³/mol. The van der Waals surface area contributed by atoms with E-state index in [0.717, 1.165) is 27.8 Å². The average Bonchev–Trinajstić information content (AvgIpc) is 3.32. The molecule has 2 saturated heterocycles. The summed E-state index contributed by atoms with van der Waals surface area (Å²) in [6, 6.07) is 24.7. The van der Waals surface area contributed by atoms with Crippen LogP contribution in [-0.4, -0.2) is 67.1 Å². The fourth-order valence-corrected chi connectivity index (χ4v) is 6.51. The number of nitrogens with zero attached hydrogens (tertiary/aromatic N) is 1. The highest BCUT2D eigenvalue weighted by Crippen LogP contribution is 2.44. The van der Waals surface area contributed by atoms with Gasteiger partial charge in [0.2, 0.25) is 0 Å². The zero-order valence-corrected chi connectivity index (χ0v) is 23.5. The number of esters is 1. The number of alkyl carbamates (subject to hydrolysis) is 1. The summed E-state index contributed by atoms with van der Waals surface area (Å²) in [7, 11) is 0. The molecular formula is C33H34N2O7. The molecule has 42 heavy (non-hydrogen) atoms. The third-order valence-electron chi connectivity index (χ3n) is 8.34. The van der Waals surface area contributed by atoms with Gasteiger partial charge >= 0.3 is 18.2 Å². The number of amides is 2. The summed E-state index contributed by atoms with van der Waals surface area (Å²) in [6.45, 7) is 2.56. The maximum absolute atomic E-state index is 13.4. The molecular weight excluding hydrogens is 536 g/mol. The van der Waals surface area contributed by atoms with Gasteiger partial charge in [-0.1, -0.05) is 78.9 Å². The molecule has 2 heterocycles. The Morgan fingerprint density at radius 2 is 1.43 bits per heavy atom. The molecule has 3 aliphatic rings. The van der Waals surface area contributed by atoms with E-state index < -0.39 is 35.8 Å². The van der Waals surface area contributed by atoms with Gasteiger partial charge in [-0.05, 0) is 34.7 Å². The number of nitrogens with one attached hydrogen (secondary N) is 1. The van der Waals surface area contributed by atoms with Crippen molar-refractivity contribution >= 4 is 18.2 Å². The van der Waals surface area contributed by atoms with E-state index in [1.807, 2.05) is 54.6 Å². The minimum Gasteiger partial charge on any atom is -0.464 e. The molecule has 6 rings (SSSR count). The fourth-order valence-electron chi connectivity index (χ4n) is 6.51. The zero-order chi connectivity index (χ0) is 29.1. The Hall–Kier alpha value is -4.37. The number of morpholine rings is 1. The second kappa shape index (κ2) is 11.9. The lowest BCUT2D eigenvalue weighted by molar-refractivity contribution is -0.160. The van der Waals surface area contributed by atoms with Gasteiger partial charge in [-0.2, -0.15) is 0 Å². The number of carbonyl (C=O) groups excluding carboxylic acids is 3. The standard InChI is InChI=1S/C33H34N2O7/c1-2-40-30(36)33(16-23-19-39-20-24(17-33)35(23)32(38)42-18-22-10-4-3-5-11-22)34-31(37)41-21-29-27-14-8-6-12-25(27)26-13-7-9-15-28(26)29/h3-15,23-24,29H,2,16-21H2,1H3,(H,34,37). The highest BCUT2D eigenvalue weighted by molar-refractivity contribution is 5.87. The Morgan fingerprint density at radius 1 is 0.833 bits per heavy atom. The molecule has 3 aromatic rings. The van der Waals surface area contributed by atoms with Gasteiger partial charge < -0.3 is 24.3 Å². The molecule has 2 unspecified atom stereocenters. The number of benzene rings is 3. The van der Waals surface area contributed by atoms with Crippen LogP contribution < -0.4 is 5.32 Å². The van der Waals surface area contributed by atoms with E-state index >= 15 is 0 Å². The van der Waals surface area contributed by atoms with Crippen molar-refractivity contribution < 1.29 is 33.3 Å². The first kappa shape index (κ1) is 27.8. The van der Waals surface area contributed by atoms with Gasteiger partial charge in [-0.25, -0.2) is 14.4 Å². The summed E-state index contributed by atoms with van der Waals surface area (Å²) in [5, 5.41) is 2.86. The molecule has 0 saturated carbocycles. The summed E-state index contributed by atoms with van der Waals surface area (Å²) in [5.41, 5.74) is 3.96. The number of carbonyl (C=O) groups is 3. The van der Waals surface area contributed by atoms with Crippen molar-refractivity contribution in [2.75, 3.05) is 26.4 Å². The van der Waals surface area contributed by atoms with Gasteiger partial charge in [0.1, 0.15) is 18.8 Å². The topological polar surface area (TPSA) is 103 Å². The molecule has 0 spiro atoms. The largest absolute Gasteiger partial charge is 0.464 e. The molecule has 0 aromatic heterocycles. The number of ether oxygens (including phenoxy) is 4. The van der Waals surface area contributed by atoms with Gasteiger partial charge in [-0.3, -0.25) is 4.90 Å². The molecule has 2 fully saturated rings. The number of fused-ring (bicyclic) bond motifs is 5. The Bertz CT molecular complexity index is 1400. The van der Waals surface area contributed by atoms with Crippen molar-refractivity contribution in [2.45, 2.75) is 49.9 Å². The second-order valence-corrected chi connectivity index (χ2v) is 11.0. The van der Waals surface area contributed by atoms with Crippen molar-refractivity contribution in [3.05, 3.63) is 95.6 Å². The van der Waals surface area contributed by atoms with Crippen molar-refractivity contribution in [2.24, 2.45) is 0 Å². The van der Waals surface area contributed by atoms with E-state index in [1.165, 1.54) is 0 Å². The van der Waals surface area contributed by atoms with Crippen molar-refractivity contribution in [1.82, 2.24) is 10.2 Å². The lowest BCUT2D eigenvalue weighted by atomic mass is 9.78. The second-order valence-electron chi connectivity index (χ2n) is 11.0. The first-order valence-corrected chi connectivity index (χ1v) is 14.4. The van der Waals surface area contributed by atoms with Crippen LogP contribution in [0.1, 0.15) is 42.4 Å². The van der Waals surface area contributed by atoms with E-state index in [2.05, 4.69) is 29.6 Å². The molecule has 1 aliphatic carbocycles. The van der Waals surface area contributed by atoms with Crippen LogP contribution in [0.2, 0.25) is 0 Å². The first-order valence-electron chi connectivity index (χ1n) is 14.4. The van der Waals surface area contributed by atoms with Gasteiger partial charge in [0.25, 0.3) is 0 Å².